The van der Waals surface area contributed by atoms with Crippen LogP contribution in [-0.2, 0) is 13.6 Å². The number of pyridine rings is 1. The minimum Gasteiger partial charge on any atom is -0.363 e. The van der Waals surface area contributed by atoms with E-state index in [0.29, 0.717) is 12.4 Å². The number of imidazole rings is 1. The molecule has 0 unspecified atom stereocenters. The van der Waals surface area contributed by atoms with Crippen LogP contribution < -0.4 is 5.32 Å². The SMILES string of the molecule is Cc1ccc2c(c1)nc(CNc1cc(C)nc(-c3cccnc3)n1)n2C. The van der Waals surface area contributed by atoms with E-state index in [1.807, 2.05) is 32.2 Å². The maximum absolute atomic E-state index is 4.74. The predicted molar refractivity (Wildman–Crippen MR) is 103 cm³/mol. The fraction of sp³-hybridized carbons (Fsp3) is 0.200. The Hall–Kier alpha value is -3.28. The van der Waals surface area contributed by atoms with Crippen molar-refractivity contribution in [2.75, 3.05) is 5.32 Å². The fourth-order valence-corrected chi connectivity index (χ4v) is 2.97. The smallest absolute Gasteiger partial charge is 0.163 e. The summed E-state index contributed by atoms with van der Waals surface area (Å²) in [5.74, 6) is 2.41. The molecule has 0 fully saturated rings. The van der Waals surface area contributed by atoms with Crippen molar-refractivity contribution in [3.05, 3.63) is 65.9 Å². The molecule has 0 aliphatic heterocycles. The normalized spacial score (nSPS) is 11.0. The van der Waals surface area contributed by atoms with Crippen LogP contribution in [0.25, 0.3) is 22.4 Å². The third kappa shape index (κ3) is 3.13. The van der Waals surface area contributed by atoms with Gasteiger partial charge in [-0.3, -0.25) is 4.98 Å². The molecular weight excluding hydrogens is 324 g/mol. The summed E-state index contributed by atoms with van der Waals surface area (Å²) >= 11 is 0. The number of benzene rings is 1. The summed E-state index contributed by atoms with van der Waals surface area (Å²) < 4.78 is 2.11. The summed E-state index contributed by atoms with van der Waals surface area (Å²) in [4.78, 5) is 18.0. The monoisotopic (exact) mass is 344 g/mol. The molecule has 6 nitrogen and oxygen atoms in total. The van der Waals surface area contributed by atoms with E-state index >= 15 is 0 Å². The first-order valence-corrected chi connectivity index (χ1v) is 8.52. The van der Waals surface area contributed by atoms with Crippen molar-refractivity contribution in [3.63, 3.8) is 0 Å². The van der Waals surface area contributed by atoms with E-state index in [9.17, 15) is 0 Å². The van der Waals surface area contributed by atoms with Gasteiger partial charge in [0.1, 0.15) is 11.6 Å². The molecule has 1 aromatic carbocycles. The second kappa shape index (κ2) is 6.55. The Bertz CT molecular complexity index is 1070. The summed E-state index contributed by atoms with van der Waals surface area (Å²) in [5.41, 5.74) is 5.16. The van der Waals surface area contributed by atoms with Gasteiger partial charge in [-0.05, 0) is 43.7 Å². The number of hydrogen-bond donors (Lipinski definition) is 1. The Labute approximate surface area is 152 Å². The minimum atomic E-state index is 0.590. The number of fused-ring (bicyclic) bond motifs is 1. The second-order valence-electron chi connectivity index (χ2n) is 6.39. The molecule has 3 aromatic heterocycles. The molecule has 0 atom stereocenters. The standard InChI is InChI=1S/C20H20N6/c1-13-6-7-17-16(9-13)24-19(26(17)3)12-22-18-10-14(2)23-20(25-18)15-5-4-8-21-11-15/h4-11H,12H2,1-3H3,(H,22,23,25). The zero-order chi connectivity index (χ0) is 18.1. The quantitative estimate of drug-likeness (QED) is 0.612. The Balaban J connectivity index is 1.60. The van der Waals surface area contributed by atoms with E-state index in [0.717, 1.165) is 33.9 Å². The zero-order valence-corrected chi connectivity index (χ0v) is 15.1. The average molecular weight is 344 g/mol. The van der Waals surface area contributed by atoms with E-state index in [-0.39, 0.29) is 0 Å². The highest BCUT2D eigenvalue weighted by Crippen LogP contribution is 2.19. The molecule has 0 amide bonds. The number of rotatable bonds is 4. The van der Waals surface area contributed by atoms with Crippen molar-refractivity contribution in [1.29, 1.82) is 0 Å². The maximum Gasteiger partial charge on any atom is 0.163 e. The third-order valence-corrected chi connectivity index (χ3v) is 4.33. The number of nitrogens with zero attached hydrogens (tertiary/aromatic N) is 5. The van der Waals surface area contributed by atoms with Crippen LogP contribution in [0.2, 0.25) is 0 Å². The van der Waals surface area contributed by atoms with Crippen molar-refractivity contribution in [2.45, 2.75) is 20.4 Å². The lowest BCUT2D eigenvalue weighted by Gasteiger charge is -2.09. The molecule has 4 rings (SSSR count). The van der Waals surface area contributed by atoms with Gasteiger partial charge in [-0.15, -0.1) is 0 Å². The van der Waals surface area contributed by atoms with Crippen LogP contribution in [0, 0.1) is 13.8 Å². The summed E-state index contributed by atoms with van der Waals surface area (Å²) in [7, 11) is 2.04. The molecule has 0 aliphatic carbocycles. The first-order valence-electron chi connectivity index (χ1n) is 8.52. The van der Waals surface area contributed by atoms with Gasteiger partial charge in [-0.25, -0.2) is 15.0 Å². The average Bonchev–Trinajstić information content (AvgIpc) is 2.95. The van der Waals surface area contributed by atoms with E-state index in [1.54, 1.807) is 12.4 Å². The number of aromatic nitrogens is 5. The van der Waals surface area contributed by atoms with Gasteiger partial charge in [0.05, 0.1) is 17.6 Å². The van der Waals surface area contributed by atoms with Gasteiger partial charge in [0.15, 0.2) is 5.82 Å². The summed E-state index contributed by atoms with van der Waals surface area (Å²) in [6.45, 7) is 4.63. The maximum atomic E-state index is 4.74. The molecule has 0 spiro atoms. The second-order valence-corrected chi connectivity index (χ2v) is 6.39. The van der Waals surface area contributed by atoms with Crippen molar-refractivity contribution in [3.8, 4) is 11.4 Å². The van der Waals surface area contributed by atoms with Crippen molar-refractivity contribution >= 4 is 16.9 Å². The lowest BCUT2D eigenvalue weighted by atomic mass is 10.2. The lowest BCUT2D eigenvalue weighted by molar-refractivity contribution is 0.831. The molecule has 0 saturated heterocycles. The number of aryl methyl sites for hydroxylation is 3. The van der Waals surface area contributed by atoms with Gasteiger partial charge in [-0.1, -0.05) is 6.07 Å². The van der Waals surface area contributed by atoms with Gasteiger partial charge < -0.3 is 9.88 Å². The highest BCUT2D eigenvalue weighted by atomic mass is 15.1. The van der Waals surface area contributed by atoms with Gasteiger partial charge in [0.25, 0.3) is 0 Å². The summed E-state index contributed by atoms with van der Waals surface area (Å²) in [6.07, 6.45) is 3.51. The van der Waals surface area contributed by atoms with Gasteiger partial charge >= 0.3 is 0 Å². The van der Waals surface area contributed by atoms with E-state index < -0.39 is 0 Å². The molecule has 4 aromatic rings. The van der Waals surface area contributed by atoms with Crippen molar-refractivity contribution in [1.82, 2.24) is 24.5 Å². The molecule has 0 aliphatic rings. The molecule has 1 N–H and O–H groups in total. The first kappa shape index (κ1) is 16.2. The molecule has 0 saturated carbocycles. The zero-order valence-electron chi connectivity index (χ0n) is 15.1. The topological polar surface area (TPSA) is 68.5 Å². The Morgan fingerprint density at radius 2 is 1.92 bits per heavy atom. The molecule has 26 heavy (non-hydrogen) atoms. The van der Waals surface area contributed by atoms with Crippen LogP contribution in [0.1, 0.15) is 17.1 Å². The van der Waals surface area contributed by atoms with Gasteiger partial charge in [0, 0.05) is 36.8 Å². The largest absolute Gasteiger partial charge is 0.363 e. The summed E-state index contributed by atoms with van der Waals surface area (Å²) in [5, 5.41) is 3.37. The van der Waals surface area contributed by atoms with E-state index in [4.69, 9.17) is 4.98 Å². The van der Waals surface area contributed by atoms with Crippen LogP contribution >= 0.6 is 0 Å². The molecule has 3 heterocycles. The van der Waals surface area contributed by atoms with Gasteiger partial charge in [0.2, 0.25) is 0 Å². The number of anilines is 1. The molecule has 130 valence electrons. The third-order valence-electron chi connectivity index (χ3n) is 4.33. The van der Waals surface area contributed by atoms with Crippen LogP contribution in [0.15, 0.2) is 48.8 Å². The highest BCUT2D eigenvalue weighted by molar-refractivity contribution is 5.76. The molecule has 0 radical (unpaired) electrons. The highest BCUT2D eigenvalue weighted by Gasteiger charge is 2.09. The van der Waals surface area contributed by atoms with Crippen LogP contribution in [0.5, 0.6) is 0 Å². The van der Waals surface area contributed by atoms with Crippen molar-refractivity contribution < 1.29 is 0 Å². The fourth-order valence-electron chi connectivity index (χ4n) is 2.97. The lowest BCUT2D eigenvalue weighted by Crippen LogP contribution is -2.08. The molecular formula is C20H20N6. The summed E-state index contributed by atoms with van der Waals surface area (Å²) in [6, 6.07) is 12.1. The first-order chi connectivity index (χ1) is 12.6. The van der Waals surface area contributed by atoms with E-state index in [2.05, 4.69) is 50.0 Å². The van der Waals surface area contributed by atoms with Crippen LogP contribution in [0.3, 0.4) is 0 Å². The van der Waals surface area contributed by atoms with Crippen LogP contribution in [-0.4, -0.2) is 24.5 Å². The Kier molecular flexibility index (Phi) is 4.08. The Morgan fingerprint density at radius 1 is 1.04 bits per heavy atom. The molecule has 0 bridgehead atoms. The van der Waals surface area contributed by atoms with Crippen LogP contribution in [0.4, 0.5) is 5.82 Å². The number of hydrogen-bond acceptors (Lipinski definition) is 5. The Morgan fingerprint density at radius 3 is 2.73 bits per heavy atom. The minimum absolute atomic E-state index is 0.590. The molecule has 6 heteroatoms. The number of nitrogens with one attached hydrogen (secondary N) is 1. The predicted octanol–water partition coefficient (Wildman–Crippen LogP) is 3.65. The van der Waals surface area contributed by atoms with Crippen molar-refractivity contribution in [2.24, 2.45) is 7.05 Å². The van der Waals surface area contributed by atoms with Gasteiger partial charge in [-0.2, -0.15) is 0 Å². The van der Waals surface area contributed by atoms with E-state index in [1.165, 1.54) is 5.56 Å².